The predicted octanol–water partition coefficient (Wildman–Crippen LogP) is 3.90. The van der Waals surface area contributed by atoms with Gasteiger partial charge in [0, 0.05) is 17.8 Å². The Morgan fingerprint density at radius 2 is 1.94 bits per heavy atom. The summed E-state index contributed by atoms with van der Waals surface area (Å²) < 4.78 is 0. The lowest BCUT2D eigenvalue weighted by atomic mass is 9.94. The molecule has 0 aliphatic heterocycles. The molecule has 17 heavy (non-hydrogen) atoms. The van der Waals surface area contributed by atoms with E-state index in [1.807, 2.05) is 18.3 Å². The van der Waals surface area contributed by atoms with Gasteiger partial charge in [-0.3, -0.25) is 4.98 Å². The third kappa shape index (κ3) is 3.04. The fourth-order valence-electron chi connectivity index (χ4n) is 1.88. The van der Waals surface area contributed by atoms with Crippen LogP contribution in [0.1, 0.15) is 22.7 Å². The van der Waals surface area contributed by atoms with Crippen molar-refractivity contribution in [2.24, 2.45) is 0 Å². The molecular formula is C16H17N. The average molecular weight is 223 g/mol. The molecule has 2 rings (SSSR count). The molecule has 0 N–H and O–H groups in total. The maximum Gasteiger partial charge on any atom is 0.0413 e. The Bertz CT molecular complexity index is 471. The molecule has 1 heterocycles. The van der Waals surface area contributed by atoms with Gasteiger partial charge in [0.15, 0.2) is 0 Å². The van der Waals surface area contributed by atoms with Crippen LogP contribution in [0.25, 0.3) is 0 Å². The third-order valence-electron chi connectivity index (χ3n) is 2.91. The smallest absolute Gasteiger partial charge is 0.0413 e. The Hall–Kier alpha value is -1.89. The van der Waals surface area contributed by atoms with E-state index in [0.29, 0.717) is 5.92 Å². The summed E-state index contributed by atoms with van der Waals surface area (Å²) in [5.41, 5.74) is 3.61. The van der Waals surface area contributed by atoms with Crippen molar-refractivity contribution in [3.8, 4) is 0 Å². The fraction of sp³-hybridized carbons (Fsp3) is 0.188. The normalized spacial score (nSPS) is 12.1. The van der Waals surface area contributed by atoms with E-state index in [4.69, 9.17) is 0 Å². The number of benzene rings is 1. The second-order valence-corrected chi connectivity index (χ2v) is 4.28. The van der Waals surface area contributed by atoms with Crippen LogP contribution in [0.3, 0.4) is 0 Å². The van der Waals surface area contributed by atoms with Crippen LogP contribution in [0, 0.1) is 6.92 Å². The minimum Gasteiger partial charge on any atom is -0.261 e. The monoisotopic (exact) mass is 223 g/mol. The lowest BCUT2D eigenvalue weighted by Gasteiger charge is -2.12. The van der Waals surface area contributed by atoms with Crippen LogP contribution in [0.5, 0.6) is 0 Å². The molecule has 0 saturated carbocycles. The van der Waals surface area contributed by atoms with Gasteiger partial charge < -0.3 is 0 Å². The van der Waals surface area contributed by atoms with E-state index in [1.54, 1.807) is 0 Å². The Morgan fingerprint density at radius 1 is 1.18 bits per heavy atom. The molecule has 0 bridgehead atoms. The molecule has 86 valence electrons. The highest BCUT2D eigenvalue weighted by atomic mass is 14.7. The minimum absolute atomic E-state index is 0.339. The number of hydrogen-bond donors (Lipinski definition) is 0. The van der Waals surface area contributed by atoms with Crippen LogP contribution >= 0.6 is 0 Å². The van der Waals surface area contributed by atoms with Crippen molar-refractivity contribution < 1.29 is 0 Å². The van der Waals surface area contributed by atoms with Crippen molar-refractivity contribution in [2.75, 3.05) is 0 Å². The number of rotatable bonds is 4. The van der Waals surface area contributed by atoms with Gasteiger partial charge in [0.1, 0.15) is 0 Å². The van der Waals surface area contributed by atoms with E-state index in [2.05, 4.69) is 54.9 Å². The largest absolute Gasteiger partial charge is 0.261 e. The molecule has 0 amide bonds. The summed E-state index contributed by atoms with van der Waals surface area (Å²) in [6.45, 7) is 5.98. The zero-order valence-electron chi connectivity index (χ0n) is 10.1. The van der Waals surface area contributed by atoms with Gasteiger partial charge in [-0.15, -0.1) is 6.58 Å². The first kappa shape index (κ1) is 11.6. The summed E-state index contributed by atoms with van der Waals surface area (Å²) >= 11 is 0. The Balaban J connectivity index is 2.16. The Morgan fingerprint density at radius 3 is 2.53 bits per heavy atom. The first-order chi connectivity index (χ1) is 8.29. The van der Waals surface area contributed by atoms with Gasteiger partial charge in [-0.2, -0.15) is 0 Å². The van der Waals surface area contributed by atoms with Gasteiger partial charge in [-0.05, 0) is 30.5 Å². The highest BCUT2D eigenvalue weighted by Gasteiger charge is 2.08. The van der Waals surface area contributed by atoms with Crippen molar-refractivity contribution in [3.63, 3.8) is 0 Å². The molecule has 0 aliphatic rings. The van der Waals surface area contributed by atoms with E-state index in [-0.39, 0.29) is 0 Å². The highest BCUT2D eigenvalue weighted by Crippen LogP contribution is 2.20. The molecule has 1 aromatic carbocycles. The standard InChI is InChI=1S/C16H17N/c1-3-14(15-7-5-4-6-8-15)11-16-10-9-13(2)12-17-16/h3-10,12,14H,1,11H2,2H3/t14-/m1/s1. The number of pyridine rings is 1. The van der Waals surface area contributed by atoms with E-state index in [9.17, 15) is 0 Å². The predicted molar refractivity (Wildman–Crippen MR) is 72.1 cm³/mol. The average Bonchev–Trinajstić information content (AvgIpc) is 2.39. The van der Waals surface area contributed by atoms with E-state index in [0.717, 1.165) is 12.1 Å². The van der Waals surface area contributed by atoms with Gasteiger partial charge >= 0.3 is 0 Å². The topological polar surface area (TPSA) is 12.9 Å². The van der Waals surface area contributed by atoms with Crippen molar-refractivity contribution in [1.82, 2.24) is 4.98 Å². The van der Waals surface area contributed by atoms with Gasteiger partial charge in [0.2, 0.25) is 0 Å². The molecular weight excluding hydrogens is 206 g/mol. The number of aromatic nitrogens is 1. The number of hydrogen-bond acceptors (Lipinski definition) is 1. The van der Waals surface area contributed by atoms with Crippen LogP contribution in [-0.4, -0.2) is 4.98 Å². The molecule has 1 heteroatoms. The van der Waals surface area contributed by atoms with Crippen molar-refractivity contribution >= 4 is 0 Å². The summed E-state index contributed by atoms with van der Waals surface area (Å²) in [4.78, 5) is 4.44. The molecule has 0 spiro atoms. The maximum absolute atomic E-state index is 4.44. The quantitative estimate of drug-likeness (QED) is 0.716. The Labute approximate surface area is 103 Å². The summed E-state index contributed by atoms with van der Waals surface area (Å²) in [7, 11) is 0. The van der Waals surface area contributed by atoms with E-state index >= 15 is 0 Å². The first-order valence-electron chi connectivity index (χ1n) is 5.88. The zero-order chi connectivity index (χ0) is 12.1. The SMILES string of the molecule is C=C[C@H](Cc1ccc(C)cn1)c1ccccc1. The number of aryl methyl sites for hydroxylation is 1. The summed E-state index contributed by atoms with van der Waals surface area (Å²) in [6, 6.07) is 14.6. The van der Waals surface area contributed by atoms with Crippen molar-refractivity contribution in [2.45, 2.75) is 19.3 Å². The zero-order valence-corrected chi connectivity index (χ0v) is 10.1. The minimum atomic E-state index is 0.339. The van der Waals surface area contributed by atoms with Gasteiger partial charge in [-0.25, -0.2) is 0 Å². The van der Waals surface area contributed by atoms with Crippen molar-refractivity contribution in [3.05, 3.63) is 78.1 Å². The number of allylic oxidation sites excluding steroid dienone is 1. The lowest BCUT2D eigenvalue weighted by Crippen LogP contribution is -2.01. The van der Waals surface area contributed by atoms with Crippen molar-refractivity contribution in [1.29, 1.82) is 0 Å². The second-order valence-electron chi connectivity index (χ2n) is 4.28. The van der Waals surface area contributed by atoms with Crippen LogP contribution in [-0.2, 0) is 6.42 Å². The third-order valence-corrected chi connectivity index (χ3v) is 2.91. The maximum atomic E-state index is 4.44. The fourth-order valence-corrected chi connectivity index (χ4v) is 1.88. The summed E-state index contributed by atoms with van der Waals surface area (Å²) in [5, 5.41) is 0. The van der Waals surface area contributed by atoms with Crippen LogP contribution in [0.4, 0.5) is 0 Å². The van der Waals surface area contributed by atoms with Gasteiger partial charge in [0.05, 0.1) is 0 Å². The van der Waals surface area contributed by atoms with E-state index in [1.165, 1.54) is 11.1 Å². The molecule has 0 fully saturated rings. The molecule has 0 aliphatic carbocycles. The molecule has 1 aromatic heterocycles. The Kier molecular flexibility index (Phi) is 3.71. The highest BCUT2D eigenvalue weighted by molar-refractivity contribution is 5.25. The summed E-state index contributed by atoms with van der Waals surface area (Å²) in [5.74, 6) is 0.339. The molecule has 0 radical (unpaired) electrons. The van der Waals surface area contributed by atoms with Crippen LogP contribution in [0.15, 0.2) is 61.3 Å². The van der Waals surface area contributed by atoms with Crippen LogP contribution < -0.4 is 0 Å². The molecule has 0 saturated heterocycles. The van der Waals surface area contributed by atoms with E-state index < -0.39 is 0 Å². The van der Waals surface area contributed by atoms with Gasteiger partial charge in [-0.1, -0.05) is 42.5 Å². The number of nitrogens with zero attached hydrogens (tertiary/aromatic N) is 1. The molecule has 2 aromatic rings. The first-order valence-corrected chi connectivity index (χ1v) is 5.88. The van der Waals surface area contributed by atoms with Gasteiger partial charge in [0.25, 0.3) is 0 Å². The molecule has 1 atom stereocenters. The summed E-state index contributed by atoms with van der Waals surface area (Å²) in [6.07, 6.45) is 4.82. The van der Waals surface area contributed by atoms with Crippen LogP contribution in [0.2, 0.25) is 0 Å². The lowest BCUT2D eigenvalue weighted by molar-refractivity contribution is 0.810. The molecule has 0 unspecified atom stereocenters. The second kappa shape index (κ2) is 5.44. The molecule has 1 nitrogen and oxygen atoms in total.